The molecule has 3 nitrogen and oxygen atoms in total. The molecule has 0 saturated heterocycles. The Kier molecular flexibility index (Phi) is 4.31. The summed E-state index contributed by atoms with van der Waals surface area (Å²) in [5.41, 5.74) is 6.03. The largest absolute Gasteiger partial charge is 0.369 e. The van der Waals surface area contributed by atoms with Crippen molar-refractivity contribution in [1.29, 1.82) is 0 Å². The van der Waals surface area contributed by atoms with Gasteiger partial charge in [0.05, 0.1) is 5.92 Å². The van der Waals surface area contributed by atoms with Crippen LogP contribution in [0.3, 0.4) is 0 Å². The Bertz CT molecular complexity index is 422. The van der Waals surface area contributed by atoms with Gasteiger partial charge in [-0.1, -0.05) is 31.0 Å². The van der Waals surface area contributed by atoms with Crippen LogP contribution >= 0.6 is 0 Å². The molecule has 0 spiro atoms. The molecule has 2 rings (SSSR count). The van der Waals surface area contributed by atoms with E-state index in [9.17, 15) is 9.18 Å². The summed E-state index contributed by atoms with van der Waals surface area (Å²) in [7, 11) is 0. The molecular formula is C14H19FN2O. The predicted molar refractivity (Wildman–Crippen MR) is 68.2 cm³/mol. The number of amides is 1. The molecule has 18 heavy (non-hydrogen) atoms. The molecule has 0 unspecified atom stereocenters. The lowest BCUT2D eigenvalue weighted by molar-refractivity contribution is -0.123. The number of halogens is 1. The van der Waals surface area contributed by atoms with Gasteiger partial charge in [-0.2, -0.15) is 0 Å². The van der Waals surface area contributed by atoms with Gasteiger partial charge < -0.3 is 11.1 Å². The number of rotatable bonds is 4. The number of hydrogen-bond acceptors (Lipinski definition) is 2. The van der Waals surface area contributed by atoms with Gasteiger partial charge >= 0.3 is 0 Å². The van der Waals surface area contributed by atoms with Crippen molar-refractivity contribution in [2.75, 3.05) is 0 Å². The van der Waals surface area contributed by atoms with E-state index in [4.69, 9.17) is 5.73 Å². The molecule has 1 amide bonds. The third-order valence-electron chi connectivity index (χ3n) is 3.64. The molecule has 0 bridgehead atoms. The van der Waals surface area contributed by atoms with Crippen molar-refractivity contribution in [2.24, 2.45) is 11.7 Å². The summed E-state index contributed by atoms with van der Waals surface area (Å²) < 4.78 is 13.5. The minimum atomic E-state index is -0.249. The van der Waals surface area contributed by atoms with Crippen LogP contribution in [-0.2, 0) is 11.3 Å². The lowest BCUT2D eigenvalue weighted by atomic mass is 9.84. The number of nitrogens with one attached hydrogen (secondary N) is 1. The van der Waals surface area contributed by atoms with Crippen LogP contribution < -0.4 is 11.1 Å². The van der Waals surface area contributed by atoms with Gasteiger partial charge in [-0.15, -0.1) is 0 Å². The van der Waals surface area contributed by atoms with Crippen molar-refractivity contribution in [3.8, 4) is 0 Å². The van der Waals surface area contributed by atoms with E-state index in [1.807, 2.05) is 6.07 Å². The molecule has 1 saturated carbocycles. The van der Waals surface area contributed by atoms with Gasteiger partial charge in [0.25, 0.3) is 0 Å². The normalized spacial score (nSPS) is 23.8. The van der Waals surface area contributed by atoms with Gasteiger partial charge in [0.2, 0.25) is 5.91 Å². The van der Waals surface area contributed by atoms with E-state index in [0.717, 1.165) is 25.7 Å². The molecular weight excluding hydrogens is 231 g/mol. The molecule has 3 N–H and O–H groups in total. The maximum atomic E-state index is 13.5. The molecule has 1 aliphatic carbocycles. The van der Waals surface area contributed by atoms with Gasteiger partial charge in [0.15, 0.2) is 0 Å². The average Bonchev–Trinajstić information content (AvgIpc) is 2.38. The average molecular weight is 250 g/mol. The van der Waals surface area contributed by atoms with E-state index < -0.39 is 0 Å². The summed E-state index contributed by atoms with van der Waals surface area (Å²) in [5, 5.41) is 3.27. The Morgan fingerprint density at radius 3 is 2.78 bits per heavy atom. The smallest absolute Gasteiger partial charge is 0.222 e. The molecule has 1 aromatic rings. The van der Waals surface area contributed by atoms with Crippen molar-refractivity contribution >= 4 is 5.91 Å². The summed E-state index contributed by atoms with van der Waals surface area (Å²) in [5.74, 6) is -0.581. The maximum absolute atomic E-state index is 13.5. The summed E-state index contributed by atoms with van der Waals surface area (Å²) in [6, 6.07) is 6.77. The van der Waals surface area contributed by atoms with E-state index in [1.54, 1.807) is 12.1 Å². The first kappa shape index (κ1) is 13.0. The fraction of sp³-hybridized carbons (Fsp3) is 0.500. The first-order valence-electron chi connectivity index (χ1n) is 6.44. The Balaban J connectivity index is 1.96. The lowest BCUT2D eigenvalue weighted by Crippen LogP contribution is -2.44. The van der Waals surface area contributed by atoms with Gasteiger partial charge in [-0.25, -0.2) is 4.39 Å². The lowest BCUT2D eigenvalue weighted by Gasteiger charge is -2.30. The van der Waals surface area contributed by atoms with Crippen molar-refractivity contribution in [3.05, 3.63) is 35.6 Å². The standard InChI is InChI=1S/C14H19FN2O/c15-12-7-3-1-5-10(12)9-17-13-8-4-2-6-11(13)14(16)18/h1,3,5,7,11,13,17H,2,4,6,8-9H2,(H2,16,18)/t11-,13-/m0/s1. The summed E-state index contributed by atoms with van der Waals surface area (Å²) in [6.45, 7) is 0.446. The molecule has 1 aromatic carbocycles. The molecule has 0 radical (unpaired) electrons. The Labute approximate surface area is 107 Å². The quantitative estimate of drug-likeness (QED) is 0.858. The van der Waals surface area contributed by atoms with Crippen LogP contribution in [0.1, 0.15) is 31.2 Å². The third-order valence-corrected chi connectivity index (χ3v) is 3.64. The van der Waals surface area contributed by atoms with Crippen LogP contribution in [0.5, 0.6) is 0 Å². The predicted octanol–water partition coefficient (Wildman–Crippen LogP) is 1.96. The van der Waals surface area contributed by atoms with E-state index in [1.165, 1.54) is 6.07 Å². The second-order valence-electron chi connectivity index (χ2n) is 4.87. The summed E-state index contributed by atoms with van der Waals surface area (Å²) in [4.78, 5) is 11.4. The highest BCUT2D eigenvalue weighted by atomic mass is 19.1. The zero-order chi connectivity index (χ0) is 13.0. The van der Waals surface area contributed by atoms with Crippen LogP contribution in [0, 0.1) is 11.7 Å². The minimum Gasteiger partial charge on any atom is -0.369 e. The van der Waals surface area contributed by atoms with Crippen molar-refractivity contribution in [3.63, 3.8) is 0 Å². The van der Waals surface area contributed by atoms with Gasteiger partial charge in [0.1, 0.15) is 5.82 Å². The van der Waals surface area contributed by atoms with Crippen molar-refractivity contribution in [2.45, 2.75) is 38.3 Å². The molecule has 98 valence electrons. The van der Waals surface area contributed by atoms with E-state index in [-0.39, 0.29) is 23.7 Å². The topological polar surface area (TPSA) is 55.1 Å². The summed E-state index contributed by atoms with van der Waals surface area (Å²) in [6.07, 6.45) is 3.91. The molecule has 0 heterocycles. The zero-order valence-corrected chi connectivity index (χ0v) is 10.4. The second-order valence-corrected chi connectivity index (χ2v) is 4.87. The maximum Gasteiger partial charge on any atom is 0.222 e. The van der Waals surface area contributed by atoms with Crippen LogP contribution in [0.15, 0.2) is 24.3 Å². The highest BCUT2D eigenvalue weighted by Crippen LogP contribution is 2.24. The van der Waals surface area contributed by atoms with Crippen molar-refractivity contribution < 1.29 is 9.18 Å². The number of benzene rings is 1. The number of nitrogens with two attached hydrogens (primary N) is 1. The first-order valence-corrected chi connectivity index (χ1v) is 6.44. The van der Waals surface area contributed by atoms with E-state index in [2.05, 4.69) is 5.32 Å². The first-order chi connectivity index (χ1) is 8.68. The fourth-order valence-corrected chi connectivity index (χ4v) is 2.60. The Morgan fingerprint density at radius 2 is 2.06 bits per heavy atom. The van der Waals surface area contributed by atoms with E-state index in [0.29, 0.717) is 12.1 Å². The number of primary amides is 1. The molecule has 2 atom stereocenters. The van der Waals surface area contributed by atoms with Crippen LogP contribution in [0.2, 0.25) is 0 Å². The Hall–Kier alpha value is -1.42. The highest BCUT2D eigenvalue weighted by molar-refractivity contribution is 5.77. The highest BCUT2D eigenvalue weighted by Gasteiger charge is 2.28. The number of carbonyl (C=O) groups excluding carboxylic acids is 1. The molecule has 0 aromatic heterocycles. The minimum absolute atomic E-state index is 0.0795. The molecule has 1 aliphatic rings. The van der Waals surface area contributed by atoms with Gasteiger partial charge in [-0.3, -0.25) is 4.79 Å². The SMILES string of the molecule is NC(=O)[C@H]1CCCC[C@@H]1NCc1ccccc1F. The number of hydrogen-bond donors (Lipinski definition) is 2. The fourth-order valence-electron chi connectivity index (χ4n) is 2.60. The van der Waals surface area contributed by atoms with Crippen LogP contribution in [-0.4, -0.2) is 11.9 Å². The Morgan fingerprint density at radius 1 is 1.33 bits per heavy atom. The molecule has 4 heteroatoms. The molecule has 1 fully saturated rings. The van der Waals surface area contributed by atoms with Crippen molar-refractivity contribution in [1.82, 2.24) is 5.32 Å². The monoisotopic (exact) mass is 250 g/mol. The van der Waals surface area contributed by atoms with Gasteiger partial charge in [0, 0.05) is 18.2 Å². The van der Waals surface area contributed by atoms with Crippen LogP contribution in [0.4, 0.5) is 4.39 Å². The van der Waals surface area contributed by atoms with Gasteiger partial charge in [-0.05, 0) is 18.9 Å². The third kappa shape index (κ3) is 3.07. The molecule has 0 aliphatic heterocycles. The second kappa shape index (κ2) is 5.96. The van der Waals surface area contributed by atoms with Crippen LogP contribution in [0.25, 0.3) is 0 Å². The van der Waals surface area contributed by atoms with E-state index >= 15 is 0 Å². The summed E-state index contributed by atoms with van der Waals surface area (Å²) >= 11 is 0. The zero-order valence-electron chi connectivity index (χ0n) is 10.4. The number of carbonyl (C=O) groups is 1.